The van der Waals surface area contributed by atoms with Gasteiger partial charge in [-0.3, -0.25) is 0 Å². The molecular formula is C16H13NO2S2. The lowest BCUT2D eigenvalue weighted by atomic mass is 10.1. The quantitative estimate of drug-likeness (QED) is 0.751. The molecule has 3 aromatic rings. The molecule has 0 bridgehead atoms. The van der Waals surface area contributed by atoms with E-state index < -0.39 is 5.97 Å². The molecule has 21 heavy (non-hydrogen) atoms. The highest BCUT2D eigenvalue weighted by Gasteiger charge is 2.20. The Labute approximate surface area is 130 Å². The number of nitrogens with zero attached hydrogens (tertiary/aromatic N) is 1. The minimum Gasteiger partial charge on any atom is -0.477 e. The maximum atomic E-state index is 11.5. The molecule has 0 aliphatic carbocycles. The molecule has 0 fully saturated rings. The SMILES string of the molecule is Cc1cc(-c2nc(-c3ccccc3)c(C(=O)O)s2)c(C)s1. The van der Waals surface area contributed by atoms with Crippen LogP contribution in [0.25, 0.3) is 21.8 Å². The van der Waals surface area contributed by atoms with Crippen molar-refractivity contribution in [2.45, 2.75) is 13.8 Å². The van der Waals surface area contributed by atoms with Crippen LogP contribution in [0.15, 0.2) is 36.4 Å². The summed E-state index contributed by atoms with van der Waals surface area (Å²) >= 11 is 2.94. The average Bonchev–Trinajstić information content (AvgIpc) is 3.03. The van der Waals surface area contributed by atoms with Gasteiger partial charge in [-0.2, -0.15) is 0 Å². The fourth-order valence-corrected chi connectivity index (χ4v) is 4.20. The number of thiazole rings is 1. The molecule has 2 heterocycles. The third-order valence-corrected chi connectivity index (χ3v) is 5.18. The number of aromatic carboxylic acids is 1. The van der Waals surface area contributed by atoms with Crippen molar-refractivity contribution in [1.29, 1.82) is 0 Å². The van der Waals surface area contributed by atoms with E-state index >= 15 is 0 Å². The summed E-state index contributed by atoms with van der Waals surface area (Å²) in [5, 5.41) is 10.2. The van der Waals surface area contributed by atoms with Gasteiger partial charge in [0, 0.05) is 20.9 Å². The van der Waals surface area contributed by atoms with Crippen molar-refractivity contribution < 1.29 is 9.90 Å². The molecule has 0 aliphatic rings. The molecule has 2 aromatic heterocycles. The van der Waals surface area contributed by atoms with Crippen LogP contribution in [0.5, 0.6) is 0 Å². The van der Waals surface area contributed by atoms with Crippen LogP contribution in [0.4, 0.5) is 0 Å². The summed E-state index contributed by atoms with van der Waals surface area (Å²) in [6, 6.07) is 11.5. The van der Waals surface area contributed by atoms with E-state index in [2.05, 4.69) is 11.1 Å². The van der Waals surface area contributed by atoms with E-state index in [0.29, 0.717) is 10.6 Å². The molecule has 0 unspecified atom stereocenters. The molecule has 106 valence electrons. The monoisotopic (exact) mass is 315 g/mol. The molecule has 0 atom stereocenters. The smallest absolute Gasteiger partial charge is 0.348 e. The molecule has 0 amide bonds. The second-order valence-electron chi connectivity index (χ2n) is 4.69. The van der Waals surface area contributed by atoms with Gasteiger partial charge in [-0.25, -0.2) is 9.78 Å². The van der Waals surface area contributed by atoms with Crippen LogP contribution in [0.1, 0.15) is 19.4 Å². The van der Waals surface area contributed by atoms with Gasteiger partial charge in [-0.1, -0.05) is 30.3 Å². The van der Waals surface area contributed by atoms with Crippen molar-refractivity contribution >= 4 is 28.6 Å². The zero-order valence-corrected chi connectivity index (χ0v) is 13.2. The molecule has 3 nitrogen and oxygen atoms in total. The zero-order chi connectivity index (χ0) is 15.0. The van der Waals surface area contributed by atoms with Gasteiger partial charge in [-0.05, 0) is 19.9 Å². The Bertz CT molecular complexity index is 803. The lowest BCUT2D eigenvalue weighted by molar-refractivity contribution is 0.0702. The number of aryl methyl sites for hydroxylation is 2. The topological polar surface area (TPSA) is 50.2 Å². The van der Waals surface area contributed by atoms with Crippen LogP contribution in [-0.2, 0) is 0 Å². The van der Waals surface area contributed by atoms with Crippen molar-refractivity contribution in [3.8, 4) is 21.8 Å². The average molecular weight is 315 g/mol. The first-order chi connectivity index (χ1) is 10.1. The van der Waals surface area contributed by atoms with Crippen LogP contribution >= 0.6 is 22.7 Å². The number of rotatable bonds is 3. The van der Waals surface area contributed by atoms with Crippen molar-refractivity contribution in [1.82, 2.24) is 4.98 Å². The number of carboxylic acid groups (broad SMARTS) is 1. The summed E-state index contributed by atoms with van der Waals surface area (Å²) in [6.07, 6.45) is 0. The summed E-state index contributed by atoms with van der Waals surface area (Å²) in [7, 11) is 0. The van der Waals surface area contributed by atoms with Crippen molar-refractivity contribution in [3.63, 3.8) is 0 Å². The fraction of sp³-hybridized carbons (Fsp3) is 0.125. The Morgan fingerprint density at radius 3 is 2.43 bits per heavy atom. The second-order valence-corrected chi connectivity index (χ2v) is 7.15. The molecule has 0 spiro atoms. The maximum absolute atomic E-state index is 11.5. The van der Waals surface area contributed by atoms with Gasteiger partial charge in [-0.15, -0.1) is 22.7 Å². The van der Waals surface area contributed by atoms with Crippen LogP contribution in [0.3, 0.4) is 0 Å². The number of hydrogen-bond acceptors (Lipinski definition) is 4. The third-order valence-electron chi connectivity index (χ3n) is 3.14. The number of benzene rings is 1. The Balaban J connectivity index is 2.18. The molecule has 1 N–H and O–H groups in total. The van der Waals surface area contributed by atoms with Crippen molar-refractivity contribution in [2.24, 2.45) is 0 Å². The fourth-order valence-electron chi connectivity index (χ4n) is 2.22. The van der Waals surface area contributed by atoms with E-state index in [1.807, 2.05) is 44.2 Å². The predicted octanol–water partition coefficient (Wildman–Crippen LogP) is 4.85. The molecule has 1 aromatic carbocycles. The van der Waals surface area contributed by atoms with Gasteiger partial charge >= 0.3 is 5.97 Å². The molecular weight excluding hydrogens is 302 g/mol. The Hall–Kier alpha value is -1.98. The highest BCUT2D eigenvalue weighted by Crippen LogP contribution is 2.37. The number of carboxylic acids is 1. The number of thiophene rings is 1. The largest absolute Gasteiger partial charge is 0.477 e. The number of aromatic nitrogens is 1. The third kappa shape index (κ3) is 2.62. The molecule has 0 radical (unpaired) electrons. The summed E-state index contributed by atoms with van der Waals surface area (Å²) in [6.45, 7) is 4.09. The minimum absolute atomic E-state index is 0.291. The van der Waals surface area contributed by atoms with Crippen LogP contribution in [0, 0.1) is 13.8 Å². The normalized spacial score (nSPS) is 10.8. The summed E-state index contributed by atoms with van der Waals surface area (Å²) in [5.74, 6) is -0.929. The van der Waals surface area contributed by atoms with E-state index in [1.165, 1.54) is 16.2 Å². The van der Waals surface area contributed by atoms with E-state index in [0.717, 1.165) is 21.0 Å². The van der Waals surface area contributed by atoms with Gasteiger partial charge in [0.2, 0.25) is 0 Å². The van der Waals surface area contributed by atoms with Gasteiger partial charge < -0.3 is 5.11 Å². The molecule has 0 saturated heterocycles. The minimum atomic E-state index is -0.929. The van der Waals surface area contributed by atoms with Crippen LogP contribution in [0.2, 0.25) is 0 Å². The van der Waals surface area contributed by atoms with Crippen LogP contribution in [-0.4, -0.2) is 16.1 Å². The molecule has 0 saturated carbocycles. The Kier molecular flexibility index (Phi) is 3.61. The molecule has 3 rings (SSSR count). The first-order valence-corrected chi connectivity index (χ1v) is 8.06. The lowest BCUT2D eigenvalue weighted by Gasteiger charge is -1.97. The van der Waals surface area contributed by atoms with Gasteiger partial charge in [0.05, 0.1) is 5.69 Å². The van der Waals surface area contributed by atoms with Crippen molar-refractivity contribution in [2.75, 3.05) is 0 Å². The van der Waals surface area contributed by atoms with Gasteiger partial charge in [0.1, 0.15) is 9.88 Å². The van der Waals surface area contributed by atoms with Crippen molar-refractivity contribution in [3.05, 3.63) is 51.0 Å². The summed E-state index contributed by atoms with van der Waals surface area (Å²) in [4.78, 5) is 18.8. The van der Waals surface area contributed by atoms with E-state index in [9.17, 15) is 9.90 Å². The first-order valence-electron chi connectivity index (χ1n) is 6.43. The Morgan fingerprint density at radius 2 is 1.86 bits per heavy atom. The Morgan fingerprint density at radius 1 is 1.14 bits per heavy atom. The van der Waals surface area contributed by atoms with E-state index in [-0.39, 0.29) is 0 Å². The number of carbonyl (C=O) groups is 1. The van der Waals surface area contributed by atoms with E-state index in [1.54, 1.807) is 11.3 Å². The molecule has 5 heteroatoms. The lowest BCUT2D eigenvalue weighted by Crippen LogP contribution is -1.95. The zero-order valence-electron chi connectivity index (χ0n) is 11.6. The predicted molar refractivity (Wildman–Crippen MR) is 87.3 cm³/mol. The molecule has 0 aliphatic heterocycles. The van der Waals surface area contributed by atoms with Crippen LogP contribution < -0.4 is 0 Å². The highest BCUT2D eigenvalue weighted by atomic mass is 32.1. The van der Waals surface area contributed by atoms with Gasteiger partial charge in [0.25, 0.3) is 0 Å². The highest BCUT2D eigenvalue weighted by molar-refractivity contribution is 7.18. The van der Waals surface area contributed by atoms with Gasteiger partial charge in [0.15, 0.2) is 0 Å². The second kappa shape index (κ2) is 5.42. The maximum Gasteiger partial charge on any atom is 0.348 e. The summed E-state index contributed by atoms with van der Waals surface area (Å²) < 4.78 is 0. The first kappa shape index (κ1) is 14.0. The summed E-state index contributed by atoms with van der Waals surface area (Å²) in [5.41, 5.74) is 2.42. The standard InChI is InChI=1S/C16H13NO2S2/c1-9-8-12(10(2)20-9)15-17-13(14(21-15)16(18)19)11-6-4-3-5-7-11/h3-8H,1-2H3,(H,18,19). The van der Waals surface area contributed by atoms with E-state index in [4.69, 9.17) is 0 Å². The number of hydrogen-bond donors (Lipinski definition) is 1.